The Bertz CT molecular complexity index is 626. The van der Waals surface area contributed by atoms with Crippen LogP contribution in [0.1, 0.15) is 51.9 Å². The molecule has 162 valence electrons. The van der Waals surface area contributed by atoms with E-state index in [-0.39, 0.29) is 24.5 Å². The molecule has 1 aliphatic carbocycles. The first-order chi connectivity index (χ1) is 14.0. The zero-order valence-corrected chi connectivity index (χ0v) is 17.3. The molecular formula is C20H33N5O4. The highest BCUT2D eigenvalue weighted by Gasteiger charge is 2.33. The molecular weight excluding hydrogens is 374 g/mol. The smallest absolute Gasteiger partial charge is 0.317 e. The number of hydrogen-bond acceptors (Lipinski definition) is 4. The average molecular weight is 408 g/mol. The normalized spacial score (nSPS) is 22.0. The number of nitrogens with one attached hydrogen (secondary N) is 2. The molecule has 3 fully saturated rings. The molecule has 5 amide bonds. The van der Waals surface area contributed by atoms with E-state index in [2.05, 4.69) is 10.6 Å². The topological polar surface area (TPSA) is 102 Å². The van der Waals surface area contributed by atoms with E-state index in [1.54, 1.807) is 0 Å². The number of piperazine rings is 1. The SMILES string of the molecule is CCN1CCN(CC(=O)NC2CCN(C(=O)NC3CCCCC3)CC2)C(=O)C1=O. The first-order valence-corrected chi connectivity index (χ1v) is 10.9. The zero-order chi connectivity index (χ0) is 20.8. The van der Waals surface area contributed by atoms with Crippen LogP contribution in [0.25, 0.3) is 0 Å². The summed E-state index contributed by atoms with van der Waals surface area (Å²) in [5.41, 5.74) is 0. The van der Waals surface area contributed by atoms with Crippen molar-refractivity contribution in [1.82, 2.24) is 25.3 Å². The summed E-state index contributed by atoms with van der Waals surface area (Å²) in [6.45, 7) is 4.29. The standard InChI is InChI=1S/C20H33N5O4/c1-2-23-12-13-25(19(28)18(23)27)14-17(26)21-16-8-10-24(11-9-16)20(29)22-15-6-4-3-5-7-15/h15-16H,2-14H2,1H3,(H,21,26)(H,22,29). The van der Waals surface area contributed by atoms with Crippen molar-refractivity contribution in [3.8, 4) is 0 Å². The van der Waals surface area contributed by atoms with Crippen LogP contribution in [-0.2, 0) is 14.4 Å². The highest BCUT2D eigenvalue weighted by molar-refractivity contribution is 6.35. The molecule has 0 aromatic rings. The molecule has 0 aromatic carbocycles. The molecule has 3 rings (SSSR count). The molecule has 0 unspecified atom stereocenters. The van der Waals surface area contributed by atoms with E-state index in [4.69, 9.17) is 0 Å². The molecule has 9 nitrogen and oxygen atoms in total. The number of carbonyl (C=O) groups is 4. The maximum absolute atomic E-state index is 12.4. The van der Waals surface area contributed by atoms with Gasteiger partial charge in [0.25, 0.3) is 0 Å². The third kappa shape index (κ3) is 5.61. The lowest BCUT2D eigenvalue weighted by molar-refractivity contribution is -0.156. The summed E-state index contributed by atoms with van der Waals surface area (Å²) >= 11 is 0. The van der Waals surface area contributed by atoms with E-state index in [1.807, 2.05) is 11.8 Å². The molecule has 29 heavy (non-hydrogen) atoms. The Balaban J connectivity index is 1.38. The monoisotopic (exact) mass is 407 g/mol. The van der Waals surface area contributed by atoms with Crippen LogP contribution in [0, 0.1) is 0 Å². The highest BCUT2D eigenvalue weighted by Crippen LogP contribution is 2.18. The van der Waals surface area contributed by atoms with Crippen LogP contribution in [0.4, 0.5) is 4.79 Å². The minimum Gasteiger partial charge on any atom is -0.352 e. The molecule has 3 aliphatic rings. The van der Waals surface area contributed by atoms with Crippen molar-refractivity contribution in [3.05, 3.63) is 0 Å². The molecule has 0 atom stereocenters. The van der Waals surface area contributed by atoms with E-state index in [0.717, 1.165) is 12.8 Å². The third-order valence-electron chi connectivity index (χ3n) is 6.19. The Hall–Kier alpha value is -2.32. The van der Waals surface area contributed by atoms with Gasteiger partial charge in [-0.2, -0.15) is 0 Å². The Labute approximate surface area is 172 Å². The summed E-state index contributed by atoms with van der Waals surface area (Å²) in [6, 6.07) is 0.283. The van der Waals surface area contributed by atoms with Crippen LogP contribution in [0.3, 0.4) is 0 Å². The maximum Gasteiger partial charge on any atom is 0.317 e. The first-order valence-electron chi connectivity index (χ1n) is 10.9. The molecule has 0 spiro atoms. The van der Waals surface area contributed by atoms with Crippen LogP contribution in [0.5, 0.6) is 0 Å². The number of likely N-dealkylation sites (N-methyl/N-ethyl adjacent to an activating group) is 1. The van der Waals surface area contributed by atoms with Crippen molar-refractivity contribution in [2.45, 2.75) is 64.0 Å². The predicted octanol–water partition coefficient (Wildman–Crippen LogP) is 0.300. The van der Waals surface area contributed by atoms with Crippen LogP contribution in [-0.4, -0.2) is 89.8 Å². The van der Waals surface area contributed by atoms with Gasteiger partial charge in [-0.15, -0.1) is 0 Å². The molecule has 0 radical (unpaired) electrons. The van der Waals surface area contributed by atoms with Crippen molar-refractivity contribution >= 4 is 23.8 Å². The highest BCUT2D eigenvalue weighted by atomic mass is 16.2. The van der Waals surface area contributed by atoms with Crippen molar-refractivity contribution in [2.75, 3.05) is 39.3 Å². The maximum atomic E-state index is 12.4. The van der Waals surface area contributed by atoms with Crippen molar-refractivity contribution in [2.24, 2.45) is 0 Å². The van der Waals surface area contributed by atoms with Gasteiger partial charge in [0.05, 0.1) is 0 Å². The summed E-state index contributed by atoms with van der Waals surface area (Å²) in [7, 11) is 0. The van der Waals surface area contributed by atoms with Crippen molar-refractivity contribution in [1.29, 1.82) is 0 Å². The minimum absolute atomic E-state index is 0.000388. The fraction of sp³-hybridized carbons (Fsp3) is 0.800. The van der Waals surface area contributed by atoms with E-state index in [1.165, 1.54) is 29.1 Å². The molecule has 2 heterocycles. The van der Waals surface area contributed by atoms with Crippen LogP contribution < -0.4 is 10.6 Å². The quantitative estimate of drug-likeness (QED) is 0.640. The fourth-order valence-corrected chi connectivity index (χ4v) is 4.35. The summed E-state index contributed by atoms with van der Waals surface area (Å²) < 4.78 is 0. The molecule has 2 saturated heterocycles. The lowest BCUT2D eigenvalue weighted by Crippen LogP contribution is -2.57. The van der Waals surface area contributed by atoms with E-state index < -0.39 is 11.8 Å². The predicted molar refractivity (Wildman–Crippen MR) is 107 cm³/mol. The Morgan fingerprint density at radius 3 is 2.07 bits per heavy atom. The van der Waals surface area contributed by atoms with Gasteiger partial charge in [-0.1, -0.05) is 19.3 Å². The third-order valence-corrected chi connectivity index (χ3v) is 6.19. The average Bonchev–Trinajstić information content (AvgIpc) is 2.73. The van der Waals surface area contributed by atoms with E-state index in [0.29, 0.717) is 51.6 Å². The second kappa shape index (κ2) is 9.93. The largest absolute Gasteiger partial charge is 0.352 e. The number of carbonyl (C=O) groups excluding carboxylic acids is 4. The van der Waals surface area contributed by atoms with Gasteiger partial charge in [0.2, 0.25) is 5.91 Å². The molecule has 9 heteroatoms. The number of rotatable bonds is 5. The van der Waals surface area contributed by atoms with Gasteiger partial charge < -0.3 is 25.3 Å². The van der Waals surface area contributed by atoms with Crippen molar-refractivity contribution in [3.63, 3.8) is 0 Å². The number of likely N-dealkylation sites (tertiary alicyclic amines) is 1. The van der Waals surface area contributed by atoms with Gasteiger partial charge >= 0.3 is 17.8 Å². The number of hydrogen-bond donors (Lipinski definition) is 2. The van der Waals surface area contributed by atoms with Gasteiger partial charge in [0.15, 0.2) is 0 Å². The number of urea groups is 1. The van der Waals surface area contributed by atoms with Crippen LogP contribution in [0.15, 0.2) is 0 Å². The number of piperidine rings is 1. The summed E-state index contributed by atoms with van der Waals surface area (Å²) in [5.74, 6) is -1.40. The molecule has 2 N–H and O–H groups in total. The Morgan fingerprint density at radius 2 is 1.41 bits per heavy atom. The molecule has 0 aromatic heterocycles. The second-order valence-electron chi connectivity index (χ2n) is 8.22. The second-order valence-corrected chi connectivity index (χ2v) is 8.22. The fourth-order valence-electron chi connectivity index (χ4n) is 4.35. The van der Waals surface area contributed by atoms with E-state index in [9.17, 15) is 19.2 Å². The summed E-state index contributed by atoms with van der Waals surface area (Å²) in [4.78, 5) is 53.4. The number of nitrogens with zero attached hydrogens (tertiary/aromatic N) is 3. The van der Waals surface area contributed by atoms with Crippen LogP contribution >= 0.6 is 0 Å². The zero-order valence-electron chi connectivity index (χ0n) is 17.3. The summed E-state index contributed by atoms with van der Waals surface area (Å²) in [6.07, 6.45) is 7.13. The van der Waals surface area contributed by atoms with Crippen LogP contribution in [0.2, 0.25) is 0 Å². The lowest BCUT2D eigenvalue weighted by Gasteiger charge is -2.35. The summed E-state index contributed by atoms with van der Waals surface area (Å²) in [5, 5.41) is 6.09. The van der Waals surface area contributed by atoms with Gasteiger partial charge in [0.1, 0.15) is 6.54 Å². The lowest BCUT2D eigenvalue weighted by atomic mass is 9.95. The van der Waals surface area contributed by atoms with Gasteiger partial charge in [-0.3, -0.25) is 14.4 Å². The Morgan fingerprint density at radius 1 is 0.828 bits per heavy atom. The molecule has 0 bridgehead atoms. The minimum atomic E-state index is -0.609. The van der Waals surface area contributed by atoms with Gasteiger partial charge in [0, 0.05) is 44.8 Å². The molecule has 2 aliphatic heterocycles. The molecule has 1 saturated carbocycles. The first kappa shape index (κ1) is 21.4. The number of amides is 5. The van der Waals surface area contributed by atoms with Gasteiger partial charge in [-0.05, 0) is 32.6 Å². The van der Waals surface area contributed by atoms with Crippen molar-refractivity contribution < 1.29 is 19.2 Å². The Kier molecular flexibility index (Phi) is 7.33. The van der Waals surface area contributed by atoms with Gasteiger partial charge in [-0.25, -0.2) is 4.79 Å². The van der Waals surface area contributed by atoms with E-state index >= 15 is 0 Å².